The maximum atomic E-state index is 9.26. The number of hydrogen-bond donors (Lipinski definition) is 1. The van der Waals surface area contributed by atoms with Gasteiger partial charge >= 0.3 is 0 Å². The molecule has 1 atom stereocenters. The fourth-order valence-corrected chi connectivity index (χ4v) is 3.72. The molecule has 3 heteroatoms. The molecule has 0 aliphatic carbocycles. The van der Waals surface area contributed by atoms with Crippen molar-refractivity contribution in [3.63, 3.8) is 0 Å². The van der Waals surface area contributed by atoms with E-state index in [4.69, 9.17) is 0 Å². The molecule has 3 nitrogen and oxygen atoms in total. The van der Waals surface area contributed by atoms with E-state index >= 15 is 0 Å². The monoisotopic (exact) mass is 338 g/mol. The van der Waals surface area contributed by atoms with E-state index in [2.05, 4.69) is 70.5 Å². The van der Waals surface area contributed by atoms with Crippen LogP contribution in [0.1, 0.15) is 24.0 Å². The number of aliphatic hydroxyl groups is 1. The number of nitrogens with zero attached hydrogens (tertiary/aromatic N) is 2. The van der Waals surface area contributed by atoms with Gasteiger partial charge in [0.15, 0.2) is 0 Å². The van der Waals surface area contributed by atoms with Gasteiger partial charge in [0.25, 0.3) is 0 Å². The minimum absolute atomic E-state index is 0.291. The van der Waals surface area contributed by atoms with Crippen molar-refractivity contribution < 1.29 is 5.11 Å². The zero-order chi connectivity index (χ0) is 17.3. The Balaban J connectivity index is 1.55. The van der Waals surface area contributed by atoms with Crippen LogP contribution >= 0.6 is 0 Å². The Morgan fingerprint density at radius 2 is 1.56 bits per heavy atom. The molecule has 0 aromatic heterocycles. The number of rotatable bonds is 8. The lowest BCUT2D eigenvalue weighted by molar-refractivity contribution is 0.0604. The summed E-state index contributed by atoms with van der Waals surface area (Å²) in [5.41, 5.74) is 2.80. The molecule has 0 bridgehead atoms. The van der Waals surface area contributed by atoms with Crippen LogP contribution in [0.5, 0.6) is 0 Å². The summed E-state index contributed by atoms with van der Waals surface area (Å²) in [5, 5.41) is 9.26. The first-order valence-electron chi connectivity index (χ1n) is 9.50. The molecule has 0 unspecified atom stereocenters. The third kappa shape index (κ3) is 5.67. The second kappa shape index (κ2) is 9.71. The standard InChI is InChI=1S/C22H30N2O/c25-17-7-12-22-19-23(14-13-20-8-3-1-4-9-20)15-16-24(22)18-21-10-5-2-6-11-21/h1-6,8-11,22,25H,7,12-19H2/t22-/m0/s1. The van der Waals surface area contributed by atoms with E-state index in [1.165, 1.54) is 11.1 Å². The van der Waals surface area contributed by atoms with Gasteiger partial charge in [-0.2, -0.15) is 0 Å². The molecule has 134 valence electrons. The van der Waals surface area contributed by atoms with E-state index in [9.17, 15) is 5.11 Å². The van der Waals surface area contributed by atoms with Gasteiger partial charge in [0.05, 0.1) is 0 Å². The van der Waals surface area contributed by atoms with Crippen LogP contribution in [0.3, 0.4) is 0 Å². The molecule has 2 aromatic rings. The van der Waals surface area contributed by atoms with Crippen molar-refractivity contribution in [3.05, 3.63) is 71.8 Å². The van der Waals surface area contributed by atoms with E-state index in [0.29, 0.717) is 12.6 Å². The van der Waals surface area contributed by atoms with Crippen LogP contribution in [0.25, 0.3) is 0 Å². The van der Waals surface area contributed by atoms with E-state index in [1.54, 1.807) is 0 Å². The van der Waals surface area contributed by atoms with Crippen LogP contribution in [-0.4, -0.2) is 53.7 Å². The lowest BCUT2D eigenvalue weighted by Gasteiger charge is -2.41. The predicted molar refractivity (Wildman–Crippen MR) is 104 cm³/mol. The maximum Gasteiger partial charge on any atom is 0.0431 e. The minimum atomic E-state index is 0.291. The second-order valence-electron chi connectivity index (χ2n) is 7.01. The topological polar surface area (TPSA) is 26.7 Å². The van der Waals surface area contributed by atoms with Gasteiger partial charge in [0.2, 0.25) is 0 Å². The highest BCUT2D eigenvalue weighted by Gasteiger charge is 2.26. The van der Waals surface area contributed by atoms with E-state index in [-0.39, 0.29) is 0 Å². The van der Waals surface area contributed by atoms with Crippen molar-refractivity contribution in [2.45, 2.75) is 31.8 Å². The summed E-state index contributed by atoms with van der Waals surface area (Å²) in [6.07, 6.45) is 3.08. The first-order chi connectivity index (χ1) is 12.3. The lowest BCUT2D eigenvalue weighted by Crippen LogP contribution is -2.53. The molecule has 1 saturated heterocycles. The second-order valence-corrected chi connectivity index (χ2v) is 7.01. The van der Waals surface area contributed by atoms with Gasteiger partial charge in [-0.05, 0) is 30.4 Å². The van der Waals surface area contributed by atoms with Crippen LogP contribution < -0.4 is 0 Å². The van der Waals surface area contributed by atoms with Crippen molar-refractivity contribution in [1.82, 2.24) is 9.80 Å². The van der Waals surface area contributed by atoms with Crippen molar-refractivity contribution in [2.24, 2.45) is 0 Å². The molecule has 3 rings (SSSR count). The molecule has 2 aromatic carbocycles. The van der Waals surface area contributed by atoms with Crippen LogP contribution in [0.4, 0.5) is 0 Å². The Morgan fingerprint density at radius 1 is 0.880 bits per heavy atom. The number of piperazine rings is 1. The van der Waals surface area contributed by atoms with Gasteiger partial charge in [0.1, 0.15) is 0 Å². The molecule has 1 heterocycles. The van der Waals surface area contributed by atoms with Crippen LogP contribution in [0.15, 0.2) is 60.7 Å². The average molecular weight is 338 g/mol. The highest BCUT2D eigenvalue weighted by molar-refractivity contribution is 5.16. The highest BCUT2D eigenvalue weighted by atomic mass is 16.2. The zero-order valence-corrected chi connectivity index (χ0v) is 15.1. The van der Waals surface area contributed by atoms with Crippen LogP contribution in [0.2, 0.25) is 0 Å². The summed E-state index contributed by atoms with van der Waals surface area (Å²) < 4.78 is 0. The summed E-state index contributed by atoms with van der Waals surface area (Å²) in [6, 6.07) is 22.0. The Labute approximate surface area is 151 Å². The predicted octanol–water partition coefficient (Wildman–Crippen LogP) is 3.19. The van der Waals surface area contributed by atoms with Crippen molar-refractivity contribution in [2.75, 3.05) is 32.8 Å². The maximum absolute atomic E-state index is 9.26. The molecular weight excluding hydrogens is 308 g/mol. The molecule has 0 saturated carbocycles. The summed E-state index contributed by atoms with van der Waals surface area (Å²) in [6.45, 7) is 5.79. The van der Waals surface area contributed by atoms with Gasteiger partial charge in [-0.25, -0.2) is 0 Å². The molecule has 0 radical (unpaired) electrons. The van der Waals surface area contributed by atoms with E-state index in [1.807, 2.05) is 0 Å². The largest absolute Gasteiger partial charge is 0.396 e. The Morgan fingerprint density at radius 3 is 2.24 bits per heavy atom. The summed E-state index contributed by atoms with van der Waals surface area (Å²) in [4.78, 5) is 5.19. The number of hydrogen-bond acceptors (Lipinski definition) is 3. The SMILES string of the molecule is OCCC[C@H]1CN(CCc2ccccc2)CCN1Cc1ccccc1. The van der Waals surface area contributed by atoms with E-state index in [0.717, 1.165) is 52.0 Å². The highest BCUT2D eigenvalue weighted by Crippen LogP contribution is 2.18. The average Bonchev–Trinajstić information content (AvgIpc) is 2.67. The molecule has 1 N–H and O–H groups in total. The van der Waals surface area contributed by atoms with Crippen LogP contribution in [0, 0.1) is 0 Å². The number of benzene rings is 2. The van der Waals surface area contributed by atoms with E-state index < -0.39 is 0 Å². The van der Waals surface area contributed by atoms with Crippen LogP contribution in [-0.2, 0) is 13.0 Å². The first-order valence-corrected chi connectivity index (χ1v) is 9.50. The summed E-state index contributed by atoms with van der Waals surface area (Å²) in [5.74, 6) is 0. The van der Waals surface area contributed by atoms with Gasteiger partial charge < -0.3 is 10.0 Å². The van der Waals surface area contributed by atoms with Gasteiger partial charge in [0, 0.05) is 45.4 Å². The zero-order valence-electron chi connectivity index (χ0n) is 15.1. The number of aliphatic hydroxyl groups excluding tert-OH is 1. The van der Waals surface area contributed by atoms with Gasteiger partial charge in [-0.15, -0.1) is 0 Å². The van der Waals surface area contributed by atoms with Crippen molar-refractivity contribution in [3.8, 4) is 0 Å². The molecular formula is C22H30N2O. The third-order valence-electron chi connectivity index (χ3n) is 5.17. The normalized spacial score (nSPS) is 19.2. The minimum Gasteiger partial charge on any atom is -0.396 e. The van der Waals surface area contributed by atoms with Crippen molar-refractivity contribution in [1.29, 1.82) is 0 Å². The molecule has 0 spiro atoms. The molecule has 25 heavy (non-hydrogen) atoms. The van der Waals surface area contributed by atoms with Gasteiger partial charge in [-0.3, -0.25) is 4.90 Å². The summed E-state index contributed by atoms with van der Waals surface area (Å²) >= 11 is 0. The first kappa shape index (κ1) is 18.1. The Kier molecular flexibility index (Phi) is 7.04. The smallest absolute Gasteiger partial charge is 0.0431 e. The molecule has 0 amide bonds. The summed E-state index contributed by atoms with van der Waals surface area (Å²) in [7, 11) is 0. The third-order valence-corrected chi connectivity index (χ3v) is 5.17. The fourth-order valence-electron chi connectivity index (χ4n) is 3.72. The Bertz CT molecular complexity index is 602. The quantitative estimate of drug-likeness (QED) is 0.801. The fraction of sp³-hybridized carbons (Fsp3) is 0.455. The lowest BCUT2D eigenvalue weighted by atomic mass is 10.0. The molecule has 1 aliphatic heterocycles. The Hall–Kier alpha value is -1.68. The molecule has 1 fully saturated rings. The van der Waals surface area contributed by atoms with Crippen molar-refractivity contribution >= 4 is 0 Å². The molecule has 1 aliphatic rings. The van der Waals surface area contributed by atoms with Gasteiger partial charge in [-0.1, -0.05) is 60.7 Å².